The Bertz CT molecular complexity index is 793. The number of methoxy groups -OCH3 is 1. The van der Waals surface area contributed by atoms with Crippen molar-refractivity contribution in [2.24, 2.45) is 5.92 Å². The van der Waals surface area contributed by atoms with E-state index >= 15 is 0 Å². The van der Waals surface area contributed by atoms with E-state index in [1.165, 1.54) is 0 Å². The largest absolute Gasteiger partial charge is 0.481 e. The number of likely N-dealkylation sites (tertiary alicyclic amines) is 1. The van der Waals surface area contributed by atoms with E-state index in [0.717, 1.165) is 37.2 Å². The first kappa shape index (κ1) is 20.9. The van der Waals surface area contributed by atoms with Gasteiger partial charge in [-0.1, -0.05) is 30.3 Å². The lowest BCUT2D eigenvalue weighted by Gasteiger charge is -2.33. The molecule has 0 saturated carbocycles. The van der Waals surface area contributed by atoms with Crippen LogP contribution in [-0.4, -0.2) is 47.8 Å². The lowest BCUT2D eigenvalue weighted by atomic mass is 9.97. The number of piperidine rings is 1. The van der Waals surface area contributed by atoms with Gasteiger partial charge in [-0.3, -0.25) is 0 Å². The van der Waals surface area contributed by atoms with Gasteiger partial charge in [-0.25, -0.2) is 9.78 Å². The zero-order chi connectivity index (χ0) is 20.5. The molecule has 1 saturated heterocycles. The van der Waals surface area contributed by atoms with Crippen molar-refractivity contribution in [2.45, 2.75) is 19.4 Å². The van der Waals surface area contributed by atoms with Gasteiger partial charge in [0.25, 0.3) is 0 Å². The Hall–Kier alpha value is -2.87. The Morgan fingerprint density at radius 2 is 1.97 bits per heavy atom. The molecule has 1 aliphatic heterocycles. The van der Waals surface area contributed by atoms with Crippen LogP contribution >= 0.6 is 12.2 Å². The second-order valence-electron chi connectivity index (χ2n) is 6.89. The summed E-state index contributed by atoms with van der Waals surface area (Å²) in [4.78, 5) is 18.2. The smallest absolute Gasteiger partial charge is 0.407 e. The molecule has 0 spiro atoms. The fourth-order valence-corrected chi connectivity index (χ4v) is 3.42. The van der Waals surface area contributed by atoms with Gasteiger partial charge in [0.15, 0.2) is 5.11 Å². The van der Waals surface area contributed by atoms with Crippen LogP contribution in [0.15, 0.2) is 48.7 Å². The number of hydrogen-bond donors (Lipinski definition) is 2. The van der Waals surface area contributed by atoms with Crippen LogP contribution in [0.25, 0.3) is 0 Å². The summed E-state index contributed by atoms with van der Waals surface area (Å²) >= 11 is 5.51. The second-order valence-corrected chi connectivity index (χ2v) is 7.28. The van der Waals surface area contributed by atoms with Crippen molar-refractivity contribution in [2.75, 3.05) is 32.1 Å². The molecule has 2 N–H and O–H groups in total. The molecule has 1 aromatic heterocycles. The van der Waals surface area contributed by atoms with Crippen LogP contribution in [0, 0.1) is 5.92 Å². The van der Waals surface area contributed by atoms with Gasteiger partial charge in [0.05, 0.1) is 19.0 Å². The number of rotatable bonds is 6. The Balaban J connectivity index is 1.34. The number of aromatic nitrogens is 1. The Kier molecular flexibility index (Phi) is 7.63. The number of anilines is 1. The quantitative estimate of drug-likeness (QED) is 0.702. The molecule has 2 heterocycles. The summed E-state index contributed by atoms with van der Waals surface area (Å²) in [5.41, 5.74) is 1.81. The van der Waals surface area contributed by atoms with Gasteiger partial charge in [-0.15, -0.1) is 0 Å². The van der Waals surface area contributed by atoms with Crippen LogP contribution in [0.2, 0.25) is 0 Å². The van der Waals surface area contributed by atoms with Crippen LogP contribution in [0.3, 0.4) is 0 Å². The molecule has 1 amide bonds. The lowest BCUT2D eigenvalue weighted by Crippen LogP contribution is -2.43. The van der Waals surface area contributed by atoms with Gasteiger partial charge < -0.3 is 25.0 Å². The molecule has 0 bridgehead atoms. The molecule has 29 heavy (non-hydrogen) atoms. The SMILES string of the molecule is COc1ccc(NC(=S)N2CCC(CNC(=O)OCc3ccccc3)CC2)cn1. The molecule has 8 heteroatoms. The van der Waals surface area contributed by atoms with Crippen molar-refractivity contribution >= 4 is 29.1 Å². The number of nitrogens with one attached hydrogen (secondary N) is 2. The van der Waals surface area contributed by atoms with Gasteiger partial charge in [0.1, 0.15) is 6.61 Å². The van der Waals surface area contributed by atoms with Gasteiger partial charge >= 0.3 is 6.09 Å². The van der Waals surface area contributed by atoms with Crippen molar-refractivity contribution in [3.8, 4) is 5.88 Å². The molecule has 1 aromatic carbocycles. The predicted octanol–water partition coefficient (Wildman–Crippen LogP) is 3.43. The highest BCUT2D eigenvalue weighted by Gasteiger charge is 2.21. The minimum Gasteiger partial charge on any atom is -0.481 e. The molecule has 1 aliphatic rings. The maximum Gasteiger partial charge on any atom is 0.407 e. The van der Waals surface area contributed by atoms with Crippen LogP contribution in [0.5, 0.6) is 5.88 Å². The first-order valence-corrected chi connectivity index (χ1v) is 10.1. The summed E-state index contributed by atoms with van der Waals surface area (Å²) in [6.07, 6.45) is 3.24. The average Bonchev–Trinajstić information content (AvgIpc) is 2.78. The highest BCUT2D eigenvalue weighted by Crippen LogP contribution is 2.18. The number of thiocarbonyl (C=S) groups is 1. The lowest BCUT2D eigenvalue weighted by molar-refractivity contribution is 0.136. The Morgan fingerprint density at radius 1 is 1.21 bits per heavy atom. The van der Waals surface area contributed by atoms with Crippen molar-refractivity contribution in [1.29, 1.82) is 0 Å². The fraction of sp³-hybridized carbons (Fsp3) is 0.381. The number of benzene rings is 1. The Labute approximate surface area is 176 Å². The molecule has 154 valence electrons. The summed E-state index contributed by atoms with van der Waals surface area (Å²) in [6.45, 7) is 2.59. The summed E-state index contributed by atoms with van der Waals surface area (Å²) in [5.74, 6) is 0.984. The fourth-order valence-electron chi connectivity index (χ4n) is 3.12. The first-order chi connectivity index (χ1) is 14.1. The number of alkyl carbamates (subject to hydrolysis) is 1. The number of ether oxygens (including phenoxy) is 2. The van der Waals surface area contributed by atoms with Crippen molar-refractivity contribution in [1.82, 2.24) is 15.2 Å². The minimum absolute atomic E-state index is 0.283. The summed E-state index contributed by atoms with van der Waals surface area (Å²) in [5, 5.41) is 6.76. The van der Waals surface area contributed by atoms with E-state index in [9.17, 15) is 4.79 Å². The highest BCUT2D eigenvalue weighted by atomic mass is 32.1. The van der Waals surface area contributed by atoms with Crippen LogP contribution in [-0.2, 0) is 11.3 Å². The predicted molar refractivity (Wildman–Crippen MR) is 116 cm³/mol. The zero-order valence-corrected chi connectivity index (χ0v) is 17.3. The molecule has 7 nitrogen and oxygen atoms in total. The van der Waals surface area contributed by atoms with E-state index in [1.54, 1.807) is 19.4 Å². The number of nitrogens with zero attached hydrogens (tertiary/aromatic N) is 2. The van der Waals surface area contributed by atoms with E-state index < -0.39 is 0 Å². The standard InChI is InChI=1S/C21H26N4O3S/c1-27-19-8-7-18(14-22-19)24-20(29)25-11-9-16(10-12-25)13-23-21(26)28-15-17-5-3-2-4-6-17/h2-8,14,16H,9-13,15H2,1H3,(H,23,26)(H,24,29). The van der Waals surface area contributed by atoms with Gasteiger partial charge in [0.2, 0.25) is 5.88 Å². The summed E-state index contributed by atoms with van der Waals surface area (Å²) in [7, 11) is 1.59. The second kappa shape index (κ2) is 10.6. The van der Waals surface area contributed by atoms with Crippen molar-refractivity contribution < 1.29 is 14.3 Å². The van der Waals surface area contributed by atoms with Gasteiger partial charge in [0, 0.05) is 25.7 Å². The first-order valence-electron chi connectivity index (χ1n) is 9.64. The molecular formula is C21H26N4O3S. The average molecular weight is 415 g/mol. The minimum atomic E-state index is -0.375. The highest BCUT2D eigenvalue weighted by molar-refractivity contribution is 7.80. The van der Waals surface area contributed by atoms with E-state index in [0.29, 0.717) is 23.5 Å². The number of amides is 1. The third kappa shape index (κ3) is 6.60. The third-order valence-electron chi connectivity index (χ3n) is 4.85. The molecule has 0 atom stereocenters. The molecule has 0 radical (unpaired) electrons. The topological polar surface area (TPSA) is 75.7 Å². The number of pyridine rings is 1. The summed E-state index contributed by atoms with van der Waals surface area (Å²) in [6, 6.07) is 13.3. The van der Waals surface area contributed by atoms with E-state index in [4.69, 9.17) is 21.7 Å². The zero-order valence-electron chi connectivity index (χ0n) is 16.5. The molecule has 0 unspecified atom stereocenters. The number of carbonyl (C=O) groups is 1. The van der Waals surface area contributed by atoms with Gasteiger partial charge in [-0.05, 0) is 42.6 Å². The number of hydrogen-bond acceptors (Lipinski definition) is 5. The number of carbonyl (C=O) groups excluding carboxylic acids is 1. The molecule has 2 aromatic rings. The maximum absolute atomic E-state index is 11.9. The summed E-state index contributed by atoms with van der Waals surface area (Å²) < 4.78 is 10.3. The van der Waals surface area contributed by atoms with E-state index in [-0.39, 0.29) is 12.7 Å². The van der Waals surface area contributed by atoms with Crippen molar-refractivity contribution in [3.05, 3.63) is 54.2 Å². The molecule has 3 rings (SSSR count). The monoisotopic (exact) mass is 414 g/mol. The van der Waals surface area contributed by atoms with E-state index in [2.05, 4.69) is 20.5 Å². The Morgan fingerprint density at radius 3 is 2.62 bits per heavy atom. The van der Waals surface area contributed by atoms with E-state index in [1.807, 2.05) is 36.4 Å². The van der Waals surface area contributed by atoms with Gasteiger partial charge in [-0.2, -0.15) is 0 Å². The van der Waals surface area contributed by atoms with Crippen molar-refractivity contribution in [3.63, 3.8) is 0 Å². The maximum atomic E-state index is 11.9. The van der Waals surface area contributed by atoms with Crippen LogP contribution in [0.4, 0.5) is 10.5 Å². The molecular weight excluding hydrogens is 388 g/mol. The molecule has 0 aliphatic carbocycles. The van der Waals surface area contributed by atoms with Crippen LogP contribution < -0.4 is 15.4 Å². The normalized spacial score (nSPS) is 14.2. The third-order valence-corrected chi connectivity index (χ3v) is 5.21. The van der Waals surface area contributed by atoms with Crippen LogP contribution in [0.1, 0.15) is 18.4 Å². The molecule has 1 fully saturated rings.